The number of nitrogens with zero attached hydrogens (tertiary/aromatic N) is 1. The molecule has 0 aromatic heterocycles. The number of nitrogens with two attached hydrogens (primary N) is 1. The molecule has 2 fully saturated rings. The summed E-state index contributed by atoms with van der Waals surface area (Å²) < 4.78 is 19.9. The van der Waals surface area contributed by atoms with Crippen LogP contribution in [0.2, 0.25) is 0 Å². The fourth-order valence-corrected chi connectivity index (χ4v) is 4.09. The smallest absolute Gasteiger partial charge is 0.137 e. The van der Waals surface area contributed by atoms with E-state index in [0.29, 0.717) is 23.2 Å². The minimum atomic E-state index is -0.230. The molecule has 3 rings (SSSR count). The van der Waals surface area contributed by atoms with Gasteiger partial charge in [-0.25, -0.2) is 4.39 Å². The maximum absolute atomic E-state index is 13.5. The largest absolute Gasteiger partial charge is 0.375 e. The highest BCUT2D eigenvalue weighted by Gasteiger charge is 2.37. The summed E-state index contributed by atoms with van der Waals surface area (Å²) in [6, 6.07) is 5.81. The van der Waals surface area contributed by atoms with Crippen LogP contribution in [0.1, 0.15) is 37.3 Å². The van der Waals surface area contributed by atoms with E-state index in [4.69, 9.17) is 10.5 Å². The van der Waals surface area contributed by atoms with Crippen molar-refractivity contribution in [2.24, 2.45) is 5.73 Å². The van der Waals surface area contributed by atoms with Gasteiger partial charge >= 0.3 is 0 Å². The Hall–Kier alpha value is -0.490. The Morgan fingerprint density at radius 1 is 1.38 bits per heavy atom. The molecule has 5 heteroatoms. The number of hydrogen-bond donors (Lipinski definition) is 1. The summed E-state index contributed by atoms with van der Waals surface area (Å²) in [5.41, 5.74) is 7.13. The standard InChI is InChI=1S/C16H22BrFN2O/c17-12-9-11(5-6-13(12)18)15(10-19)20-7-8-21-16-4-2-1-3-14(16)20/h5-6,9,14-16H,1-4,7-8,10,19H2. The summed E-state index contributed by atoms with van der Waals surface area (Å²) in [5, 5.41) is 0. The van der Waals surface area contributed by atoms with Gasteiger partial charge in [0.25, 0.3) is 0 Å². The molecule has 3 unspecified atom stereocenters. The molecule has 1 saturated heterocycles. The van der Waals surface area contributed by atoms with Crippen LogP contribution in [0.15, 0.2) is 22.7 Å². The van der Waals surface area contributed by atoms with Crippen molar-refractivity contribution in [3.8, 4) is 0 Å². The van der Waals surface area contributed by atoms with Crippen molar-refractivity contribution in [3.05, 3.63) is 34.1 Å². The highest BCUT2D eigenvalue weighted by Crippen LogP contribution is 2.34. The molecule has 0 radical (unpaired) electrons. The van der Waals surface area contributed by atoms with Gasteiger partial charge in [-0.3, -0.25) is 4.90 Å². The third-order valence-corrected chi connectivity index (χ3v) is 5.33. The number of fused-ring (bicyclic) bond motifs is 1. The Morgan fingerprint density at radius 2 is 2.19 bits per heavy atom. The average molecular weight is 357 g/mol. The van der Waals surface area contributed by atoms with Gasteiger partial charge in [0.05, 0.1) is 17.2 Å². The van der Waals surface area contributed by atoms with Gasteiger partial charge in [-0.1, -0.05) is 18.9 Å². The first-order chi connectivity index (χ1) is 10.2. The summed E-state index contributed by atoms with van der Waals surface area (Å²) in [6.45, 7) is 2.21. The maximum Gasteiger partial charge on any atom is 0.137 e. The van der Waals surface area contributed by atoms with Gasteiger partial charge in [-0.2, -0.15) is 0 Å². The molecule has 0 spiro atoms. The molecular formula is C16H22BrFN2O. The molecule has 1 aromatic carbocycles. The Bertz CT molecular complexity index is 497. The van der Waals surface area contributed by atoms with Crippen molar-refractivity contribution in [2.75, 3.05) is 19.7 Å². The van der Waals surface area contributed by atoms with Crippen LogP contribution >= 0.6 is 15.9 Å². The van der Waals surface area contributed by atoms with Crippen molar-refractivity contribution < 1.29 is 9.13 Å². The minimum absolute atomic E-state index is 0.136. The SMILES string of the molecule is NCC(c1ccc(F)c(Br)c1)N1CCOC2CCCCC21. The zero-order valence-electron chi connectivity index (χ0n) is 12.1. The van der Waals surface area contributed by atoms with Gasteiger partial charge in [0.1, 0.15) is 5.82 Å². The first-order valence-electron chi connectivity index (χ1n) is 7.73. The molecule has 2 aliphatic rings. The van der Waals surface area contributed by atoms with Crippen molar-refractivity contribution in [1.29, 1.82) is 0 Å². The zero-order chi connectivity index (χ0) is 14.8. The number of morpholine rings is 1. The summed E-state index contributed by atoms with van der Waals surface area (Å²) >= 11 is 3.28. The van der Waals surface area contributed by atoms with E-state index in [1.165, 1.54) is 25.3 Å². The lowest BCUT2D eigenvalue weighted by molar-refractivity contribution is -0.102. The molecule has 21 heavy (non-hydrogen) atoms. The maximum atomic E-state index is 13.5. The number of halogens is 2. The second-order valence-corrected chi connectivity index (χ2v) is 6.78. The van der Waals surface area contributed by atoms with Crippen LogP contribution in [0.25, 0.3) is 0 Å². The topological polar surface area (TPSA) is 38.5 Å². The van der Waals surface area contributed by atoms with Gasteiger partial charge in [-0.05, 0) is 46.5 Å². The van der Waals surface area contributed by atoms with Gasteiger partial charge in [0, 0.05) is 25.2 Å². The lowest BCUT2D eigenvalue weighted by Crippen LogP contribution is -2.54. The predicted octanol–water partition coefficient (Wildman–Crippen LogP) is 3.23. The summed E-state index contributed by atoms with van der Waals surface area (Å²) in [4.78, 5) is 2.48. The van der Waals surface area contributed by atoms with Gasteiger partial charge in [0.15, 0.2) is 0 Å². The third kappa shape index (κ3) is 3.16. The van der Waals surface area contributed by atoms with Crippen molar-refractivity contribution >= 4 is 15.9 Å². The minimum Gasteiger partial charge on any atom is -0.375 e. The molecule has 3 nitrogen and oxygen atoms in total. The molecular weight excluding hydrogens is 335 g/mol. The molecule has 1 aliphatic heterocycles. The van der Waals surface area contributed by atoms with Crippen LogP contribution in [-0.4, -0.2) is 36.7 Å². The predicted molar refractivity (Wildman–Crippen MR) is 84.6 cm³/mol. The molecule has 2 N–H and O–H groups in total. The van der Waals surface area contributed by atoms with E-state index < -0.39 is 0 Å². The second kappa shape index (κ2) is 6.73. The molecule has 3 atom stereocenters. The molecule has 1 heterocycles. The van der Waals surface area contributed by atoms with Gasteiger partial charge in [-0.15, -0.1) is 0 Å². The van der Waals surface area contributed by atoms with Gasteiger partial charge < -0.3 is 10.5 Å². The summed E-state index contributed by atoms with van der Waals surface area (Å²) in [6.07, 6.45) is 5.16. The molecule has 1 aliphatic carbocycles. The Labute approximate surface area is 133 Å². The van der Waals surface area contributed by atoms with Crippen LogP contribution in [0.4, 0.5) is 4.39 Å². The van der Waals surface area contributed by atoms with Crippen LogP contribution in [0.5, 0.6) is 0 Å². The van der Waals surface area contributed by atoms with Crippen molar-refractivity contribution in [2.45, 2.75) is 43.9 Å². The normalized spacial score (nSPS) is 28.1. The Morgan fingerprint density at radius 3 is 2.95 bits per heavy atom. The number of rotatable bonds is 3. The molecule has 1 aromatic rings. The number of benzene rings is 1. The lowest BCUT2D eigenvalue weighted by Gasteiger charge is -2.47. The van der Waals surface area contributed by atoms with E-state index in [9.17, 15) is 4.39 Å². The molecule has 0 bridgehead atoms. The molecule has 116 valence electrons. The van der Waals surface area contributed by atoms with E-state index in [1.54, 1.807) is 0 Å². The lowest BCUT2D eigenvalue weighted by atomic mass is 9.88. The van der Waals surface area contributed by atoms with Crippen LogP contribution in [0.3, 0.4) is 0 Å². The van der Waals surface area contributed by atoms with Gasteiger partial charge in [0.2, 0.25) is 0 Å². The number of ether oxygens (including phenoxy) is 1. The number of hydrogen-bond acceptors (Lipinski definition) is 3. The van der Waals surface area contributed by atoms with E-state index in [1.807, 2.05) is 12.1 Å². The Kier molecular flexibility index (Phi) is 4.94. The quantitative estimate of drug-likeness (QED) is 0.903. The van der Waals surface area contributed by atoms with E-state index >= 15 is 0 Å². The van der Waals surface area contributed by atoms with Crippen molar-refractivity contribution in [3.63, 3.8) is 0 Å². The average Bonchev–Trinajstić information content (AvgIpc) is 2.52. The summed E-state index contributed by atoms with van der Waals surface area (Å²) in [7, 11) is 0. The monoisotopic (exact) mass is 356 g/mol. The second-order valence-electron chi connectivity index (χ2n) is 5.92. The summed E-state index contributed by atoms with van der Waals surface area (Å²) in [5.74, 6) is -0.230. The van der Waals surface area contributed by atoms with E-state index in [2.05, 4.69) is 20.8 Å². The molecule has 0 amide bonds. The van der Waals surface area contributed by atoms with Crippen LogP contribution < -0.4 is 5.73 Å². The van der Waals surface area contributed by atoms with E-state index in [-0.39, 0.29) is 11.9 Å². The highest BCUT2D eigenvalue weighted by atomic mass is 79.9. The first-order valence-corrected chi connectivity index (χ1v) is 8.52. The molecule has 1 saturated carbocycles. The van der Waals surface area contributed by atoms with Crippen LogP contribution in [-0.2, 0) is 4.74 Å². The zero-order valence-corrected chi connectivity index (χ0v) is 13.7. The highest BCUT2D eigenvalue weighted by molar-refractivity contribution is 9.10. The third-order valence-electron chi connectivity index (χ3n) is 4.73. The fraction of sp³-hybridized carbons (Fsp3) is 0.625. The fourth-order valence-electron chi connectivity index (χ4n) is 3.70. The van der Waals surface area contributed by atoms with Crippen molar-refractivity contribution in [1.82, 2.24) is 4.90 Å². The van der Waals surface area contributed by atoms with E-state index in [0.717, 1.165) is 25.1 Å². The van der Waals surface area contributed by atoms with Crippen LogP contribution in [0, 0.1) is 5.82 Å². The first kappa shape index (κ1) is 15.4. The Balaban J connectivity index is 1.85.